The highest BCUT2D eigenvalue weighted by molar-refractivity contribution is 5.96. The lowest BCUT2D eigenvalue weighted by Crippen LogP contribution is -2.42. The Bertz CT molecular complexity index is 960. The van der Waals surface area contributed by atoms with E-state index in [1.807, 2.05) is 50.2 Å². The molecule has 1 amide bonds. The van der Waals surface area contributed by atoms with Gasteiger partial charge in [-0.1, -0.05) is 30.3 Å². The summed E-state index contributed by atoms with van der Waals surface area (Å²) in [4.78, 5) is 27.3. The van der Waals surface area contributed by atoms with Crippen LogP contribution in [0.5, 0.6) is 0 Å². The topological polar surface area (TPSA) is 91.4 Å². The maximum atomic E-state index is 12.5. The number of carbonyl (C=O) groups is 2. The zero-order valence-electron chi connectivity index (χ0n) is 15.9. The molecule has 28 heavy (non-hydrogen) atoms. The summed E-state index contributed by atoms with van der Waals surface area (Å²) >= 11 is 0. The largest absolute Gasteiger partial charge is 0.480 e. The molecule has 0 saturated carbocycles. The molecule has 6 heteroatoms. The first-order chi connectivity index (χ1) is 13.4. The molecule has 0 aliphatic heterocycles. The van der Waals surface area contributed by atoms with Gasteiger partial charge in [0.25, 0.3) is 5.91 Å². The maximum absolute atomic E-state index is 12.5. The number of nitrogens with one attached hydrogen (secondary N) is 2. The van der Waals surface area contributed by atoms with Crippen molar-refractivity contribution in [2.24, 2.45) is 0 Å². The van der Waals surface area contributed by atoms with Gasteiger partial charge in [-0.15, -0.1) is 0 Å². The molecule has 146 valence electrons. The van der Waals surface area contributed by atoms with Gasteiger partial charge in [-0.25, -0.2) is 4.79 Å². The van der Waals surface area contributed by atoms with Crippen molar-refractivity contribution in [3.8, 4) is 0 Å². The molecule has 1 aromatic heterocycles. The fourth-order valence-electron chi connectivity index (χ4n) is 2.98. The minimum atomic E-state index is -1.07. The van der Waals surface area contributed by atoms with Crippen LogP contribution in [-0.2, 0) is 22.6 Å². The van der Waals surface area contributed by atoms with Crippen LogP contribution in [0.1, 0.15) is 35.3 Å². The van der Waals surface area contributed by atoms with Crippen LogP contribution in [0.2, 0.25) is 0 Å². The first kappa shape index (κ1) is 19.6. The first-order valence-electron chi connectivity index (χ1n) is 9.23. The Morgan fingerprint density at radius 2 is 1.82 bits per heavy atom. The number of hydrogen-bond acceptors (Lipinski definition) is 3. The van der Waals surface area contributed by atoms with Crippen LogP contribution in [0.3, 0.4) is 0 Å². The summed E-state index contributed by atoms with van der Waals surface area (Å²) in [6, 6.07) is 13.6. The quantitative estimate of drug-likeness (QED) is 0.558. The SMILES string of the molecule is CC(C)OCc1ccc(C(=O)NC(Cc2c[nH]c3ccccc23)C(=O)O)cc1. The number of ether oxygens (including phenoxy) is 1. The van der Waals surface area contributed by atoms with E-state index in [9.17, 15) is 14.7 Å². The summed E-state index contributed by atoms with van der Waals surface area (Å²) in [5.41, 5.74) is 3.16. The summed E-state index contributed by atoms with van der Waals surface area (Å²) in [5.74, 6) is -1.48. The molecule has 6 nitrogen and oxygen atoms in total. The standard InChI is InChI=1S/C22H24N2O4/c1-14(2)28-13-15-7-9-16(10-8-15)21(25)24-20(22(26)27)11-17-12-23-19-6-4-3-5-18(17)19/h3-10,12,14,20,23H,11,13H2,1-2H3,(H,24,25)(H,26,27). The van der Waals surface area contributed by atoms with Crippen molar-refractivity contribution in [1.82, 2.24) is 10.3 Å². The van der Waals surface area contributed by atoms with Gasteiger partial charge >= 0.3 is 5.97 Å². The molecular formula is C22H24N2O4. The second kappa shape index (κ2) is 8.71. The van der Waals surface area contributed by atoms with Crippen LogP contribution in [0, 0.1) is 0 Å². The number of hydrogen-bond donors (Lipinski definition) is 3. The lowest BCUT2D eigenvalue weighted by molar-refractivity contribution is -0.139. The zero-order valence-corrected chi connectivity index (χ0v) is 15.9. The highest BCUT2D eigenvalue weighted by atomic mass is 16.5. The molecule has 3 rings (SSSR count). The number of aromatic amines is 1. The number of carbonyl (C=O) groups excluding carboxylic acids is 1. The Hall–Kier alpha value is -3.12. The van der Waals surface area contributed by atoms with E-state index in [0.29, 0.717) is 12.2 Å². The van der Waals surface area contributed by atoms with Crippen molar-refractivity contribution < 1.29 is 19.4 Å². The zero-order chi connectivity index (χ0) is 20.1. The third-order valence-corrected chi connectivity index (χ3v) is 4.50. The first-order valence-corrected chi connectivity index (χ1v) is 9.23. The molecule has 0 aliphatic rings. The van der Waals surface area contributed by atoms with Gasteiger partial charge in [0.15, 0.2) is 0 Å². The van der Waals surface area contributed by atoms with Crippen molar-refractivity contribution in [2.45, 2.75) is 39.0 Å². The highest BCUT2D eigenvalue weighted by Gasteiger charge is 2.22. The number of aromatic nitrogens is 1. The van der Waals surface area contributed by atoms with Crippen molar-refractivity contribution in [3.63, 3.8) is 0 Å². The Morgan fingerprint density at radius 3 is 2.50 bits per heavy atom. The molecule has 0 fully saturated rings. The Morgan fingerprint density at radius 1 is 1.11 bits per heavy atom. The van der Waals surface area contributed by atoms with Gasteiger partial charge in [0, 0.05) is 29.1 Å². The van der Waals surface area contributed by atoms with Crippen LogP contribution in [0.15, 0.2) is 54.7 Å². The van der Waals surface area contributed by atoms with Gasteiger partial charge in [-0.05, 0) is 43.2 Å². The van der Waals surface area contributed by atoms with Crippen molar-refractivity contribution in [1.29, 1.82) is 0 Å². The third-order valence-electron chi connectivity index (χ3n) is 4.50. The summed E-state index contributed by atoms with van der Waals surface area (Å²) in [6.07, 6.45) is 2.12. The molecule has 1 atom stereocenters. The fraction of sp³-hybridized carbons (Fsp3) is 0.273. The molecule has 0 bridgehead atoms. The predicted molar refractivity (Wildman–Crippen MR) is 107 cm³/mol. The monoisotopic (exact) mass is 380 g/mol. The molecule has 0 aliphatic carbocycles. The molecule has 0 spiro atoms. The highest BCUT2D eigenvalue weighted by Crippen LogP contribution is 2.19. The number of H-pyrrole nitrogens is 1. The van der Waals surface area contributed by atoms with E-state index in [1.54, 1.807) is 18.3 Å². The number of fused-ring (bicyclic) bond motifs is 1. The molecule has 1 heterocycles. The van der Waals surface area contributed by atoms with Crippen molar-refractivity contribution in [2.75, 3.05) is 0 Å². The van der Waals surface area contributed by atoms with Crippen LogP contribution in [0.25, 0.3) is 10.9 Å². The summed E-state index contributed by atoms with van der Waals surface area (Å²) in [5, 5.41) is 13.1. The average molecular weight is 380 g/mol. The van der Waals surface area contributed by atoms with E-state index < -0.39 is 17.9 Å². The minimum Gasteiger partial charge on any atom is -0.480 e. The second-order valence-corrected chi connectivity index (χ2v) is 6.98. The molecule has 0 saturated heterocycles. The lowest BCUT2D eigenvalue weighted by Gasteiger charge is -2.15. The van der Waals surface area contributed by atoms with Gasteiger partial charge in [0.1, 0.15) is 6.04 Å². The van der Waals surface area contributed by atoms with Gasteiger partial charge < -0.3 is 20.1 Å². The number of para-hydroxylation sites is 1. The molecule has 1 unspecified atom stereocenters. The normalized spacial score (nSPS) is 12.2. The predicted octanol–water partition coefficient (Wildman–Crippen LogP) is 3.52. The summed E-state index contributed by atoms with van der Waals surface area (Å²) in [7, 11) is 0. The molecule has 3 N–H and O–H groups in total. The third kappa shape index (κ3) is 4.78. The maximum Gasteiger partial charge on any atom is 0.326 e. The molecule has 0 radical (unpaired) electrons. The van der Waals surface area contributed by atoms with E-state index in [1.165, 1.54) is 0 Å². The van der Waals surface area contributed by atoms with E-state index in [-0.39, 0.29) is 12.5 Å². The molecular weight excluding hydrogens is 356 g/mol. The summed E-state index contributed by atoms with van der Waals surface area (Å²) < 4.78 is 5.54. The smallest absolute Gasteiger partial charge is 0.326 e. The van der Waals surface area contributed by atoms with Crippen LogP contribution in [0.4, 0.5) is 0 Å². The second-order valence-electron chi connectivity index (χ2n) is 6.98. The van der Waals surface area contributed by atoms with Crippen molar-refractivity contribution >= 4 is 22.8 Å². The Balaban J connectivity index is 1.68. The van der Waals surface area contributed by atoms with Crippen molar-refractivity contribution in [3.05, 3.63) is 71.4 Å². The van der Waals surface area contributed by atoms with Crippen LogP contribution < -0.4 is 5.32 Å². The van der Waals surface area contributed by atoms with E-state index in [0.717, 1.165) is 22.0 Å². The van der Waals surface area contributed by atoms with Crippen LogP contribution >= 0.6 is 0 Å². The number of rotatable bonds is 8. The van der Waals surface area contributed by atoms with Gasteiger partial charge in [0.05, 0.1) is 12.7 Å². The average Bonchev–Trinajstić information content (AvgIpc) is 3.09. The minimum absolute atomic E-state index is 0.129. The van der Waals surface area contributed by atoms with Gasteiger partial charge in [-0.3, -0.25) is 4.79 Å². The van der Waals surface area contributed by atoms with E-state index in [2.05, 4.69) is 10.3 Å². The Kier molecular flexibility index (Phi) is 6.11. The van der Waals surface area contributed by atoms with E-state index >= 15 is 0 Å². The number of carboxylic acid groups (broad SMARTS) is 1. The fourth-order valence-corrected chi connectivity index (χ4v) is 2.98. The van der Waals surface area contributed by atoms with Gasteiger partial charge in [0.2, 0.25) is 0 Å². The molecule has 2 aromatic carbocycles. The van der Waals surface area contributed by atoms with E-state index in [4.69, 9.17) is 4.74 Å². The Labute approximate surface area is 163 Å². The lowest BCUT2D eigenvalue weighted by atomic mass is 10.0. The van der Waals surface area contributed by atoms with Crippen LogP contribution in [-0.4, -0.2) is 34.1 Å². The van der Waals surface area contributed by atoms with Gasteiger partial charge in [-0.2, -0.15) is 0 Å². The number of carboxylic acids is 1. The number of benzene rings is 2. The number of amides is 1. The number of aliphatic carboxylic acids is 1. The summed E-state index contributed by atoms with van der Waals surface area (Å²) in [6.45, 7) is 4.39. The molecule has 3 aromatic rings.